The van der Waals surface area contributed by atoms with E-state index >= 15 is 0 Å². The second-order valence-electron chi connectivity index (χ2n) is 11.2. The largest absolute Gasteiger partial charge is 0.417 e. The first-order valence-electron chi connectivity index (χ1n) is 13.9. The summed E-state index contributed by atoms with van der Waals surface area (Å²) >= 11 is 0. The highest BCUT2D eigenvalue weighted by atomic mass is 19.4. The van der Waals surface area contributed by atoms with Crippen molar-refractivity contribution in [2.24, 2.45) is 0 Å². The zero-order chi connectivity index (χ0) is 32.7. The van der Waals surface area contributed by atoms with Crippen LogP contribution in [0, 0.1) is 28.5 Å². The molecule has 0 bridgehead atoms. The van der Waals surface area contributed by atoms with Gasteiger partial charge < -0.3 is 15.1 Å². The Balaban J connectivity index is 1.40. The van der Waals surface area contributed by atoms with Crippen molar-refractivity contribution in [3.8, 4) is 12.1 Å². The van der Waals surface area contributed by atoms with E-state index < -0.39 is 46.6 Å². The molecule has 2 aliphatic heterocycles. The standard InChI is InChI=1S/C32H26F4N6O3/c1-31(2)29(44)42(24-12-8-20(16-37)26(15-24)32(34,35)36)30(45)41(31)18-21-5-9-22(33)14-27(21)39-23-10-6-19(7-11-23)28(43)40-13-3-4-25(40)17-38/h5-12,14-15,25,39H,3-4,13,18H2,1-2H3/t25-/m1/s1. The van der Waals surface area contributed by atoms with E-state index in [4.69, 9.17) is 5.26 Å². The van der Waals surface area contributed by atoms with Crippen molar-refractivity contribution in [3.63, 3.8) is 0 Å². The van der Waals surface area contributed by atoms with Crippen molar-refractivity contribution in [2.45, 2.75) is 51.0 Å². The van der Waals surface area contributed by atoms with Gasteiger partial charge in [-0.3, -0.25) is 9.59 Å². The molecule has 0 aromatic heterocycles. The number of carbonyl (C=O) groups is 3. The molecule has 0 saturated carbocycles. The summed E-state index contributed by atoms with van der Waals surface area (Å²) in [7, 11) is 0. The van der Waals surface area contributed by atoms with E-state index in [9.17, 15) is 37.2 Å². The Hall–Kier alpha value is -5.43. The number of rotatable bonds is 6. The van der Waals surface area contributed by atoms with Gasteiger partial charge in [-0.25, -0.2) is 14.1 Å². The van der Waals surface area contributed by atoms with E-state index in [1.165, 1.54) is 47.9 Å². The van der Waals surface area contributed by atoms with Gasteiger partial charge in [0.2, 0.25) is 0 Å². The number of benzene rings is 3. The quantitative estimate of drug-likeness (QED) is 0.255. The number of likely N-dealkylation sites (tertiary alicyclic amines) is 1. The Morgan fingerprint density at radius 3 is 2.40 bits per heavy atom. The average Bonchev–Trinajstić information content (AvgIpc) is 3.54. The monoisotopic (exact) mass is 618 g/mol. The predicted octanol–water partition coefficient (Wildman–Crippen LogP) is 6.34. The Labute approximate surface area is 255 Å². The lowest BCUT2D eigenvalue weighted by Crippen LogP contribution is -2.43. The molecule has 2 fully saturated rings. The minimum atomic E-state index is -4.89. The van der Waals surface area contributed by atoms with E-state index in [-0.39, 0.29) is 23.8 Å². The highest BCUT2D eigenvalue weighted by molar-refractivity contribution is 6.23. The second-order valence-corrected chi connectivity index (χ2v) is 11.2. The summed E-state index contributed by atoms with van der Waals surface area (Å²) in [5.74, 6) is -1.64. The maximum atomic E-state index is 14.4. The molecular formula is C32H26F4N6O3. The number of hydrogen-bond acceptors (Lipinski definition) is 6. The average molecular weight is 619 g/mol. The van der Waals surface area contributed by atoms with Crippen LogP contribution >= 0.6 is 0 Å². The number of imide groups is 1. The maximum Gasteiger partial charge on any atom is 0.417 e. The lowest BCUT2D eigenvalue weighted by atomic mass is 10.0. The molecule has 2 aliphatic rings. The van der Waals surface area contributed by atoms with Crippen LogP contribution in [0.4, 0.5) is 39.4 Å². The number of carbonyl (C=O) groups excluding carboxylic acids is 3. The van der Waals surface area contributed by atoms with Crippen molar-refractivity contribution in [1.29, 1.82) is 10.5 Å². The van der Waals surface area contributed by atoms with Crippen LogP contribution in [-0.2, 0) is 17.5 Å². The molecule has 4 amide bonds. The molecule has 0 aliphatic carbocycles. The van der Waals surface area contributed by atoms with Crippen LogP contribution in [0.5, 0.6) is 0 Å². The molecule has 9 nitrogen and oxygen atoms in total. The van der Waals surface area contributed by atoms with Crippen LogP contribution < -0.4 is 10.2 Å². The van der Waals surface area contributed by atoms with Crippen LogP contribution in [0.3, 0.4) is 0 Å². The third-order valence-electron chi connectivity index (χ3n) is 7.98. The first kappa shape index (κ1) is 31.0. The molecule has 1 atom stereocenters. The molecule has 5 rings (SSSR count). The third-order valence-corrected chi connectivity index (χ3v) is 7.98. The molecule has 1 N–H and O–H groups in total. The molecular weight excluding hydrogens is 592 g/mol. The first-order valence-corrected chi connectivity index (χ1v) is 13.9. The van der Waals surface area contributed by atoms with Crippen molar-refractivity contribution in [3.05, 3.63) is 88.7 Å². The number of urea groups is 1. The Morgan fingerprint density at radius 2 is 1.76 bits per heavy atom. The Bertz CT molecular complexity index is 1780. The zero-order valence-corrected chi connectivity index (χ0v) is 24.2. The number of halogens is 4. The molecule has 0 radical (unpaired) electrons. The fourth-order valence-corrected chi connectivity index (χ4v) is 5.47. The van der Waals surface area contributed by atoms with Gasteiger partial charge in [-0.2, -0.15) is 23.7 Å². The SMILES string of the molecule is CC1(C)C(=O)N(c2ccc(C#N)c(C(F)(F)F)c2)C(=O)N1Cc1ccc(F)cc1Nc1ccc(C(=O)N2CCC[C@@H]2C#N)cc1. The smallest absolute Gasteiger partial charge is 0.355 e. The second kappa shape index (κ2) is 11.6. The maximum absolute atomic E-state index is 14.4. The van der Waals surface area contributed by atoms with Gasteiger partial charge in [-0.1, -0.05) is 6.07 Å². The molecule has 0 unspecified atom stereocenters. The van der Waals surface area contributed by atoms with E-state index in [1.807, 2.05) is 0 Å². The number of hydrogen-bond donors (Lipinski definition) is 1. The third kappa shape index (κ3) is 5.77. The lowest BCUT2D eigenvalue weighted by molar-refractivity contribution is -0.137. The highest BCUT2D eigenvalue weighted by Gasteiger charge is 2.52. The number of nitrogens with zero attached hydrogens (tertiary/aromatic N) is 5. The number of nitriles is 2. The number of anilines is 3. The number of nitrogens with one attached hydrogen (secondary N) is 1. The van der Waals surface area contributed by atoms with Gasteiger partial charge >= 0.3 is 12.2 Å². The lowest BCUT2D eigenvalue weighted by Gasteiger charge is -2.28. The normalized spacial score (nSPS) is 17.8. The Kier molecular flexibility index (Phi) is 7.98. The van der Waals surface area contributed by atoms with E-state index in [2.05, 4.69) is 11.4 Å². The van der Waals surface area contributed by atoms with E-state index in [0.717, 1.165) is 18.6 Å². The molecule has 3 aromatic rings. The first-order chi connectivity index (χ1) is 21.3. The molecule has 230 valence electrons. The van der Waals surface area contributed by atoms with Crippen molar-refractivity contribution < 1.29 is 31.9 Å². The van der Waals surface area contributed by atoms with Gasteiger partial charge in [0.1, 0.15) is 17.4 Å². The number of alkyl halides is 3. The molecule has 0 spiro atoms. The van der Waals surface area contributed by atoms with Crippen LogP contribution in [0.1, 0.15) is 53.7 Å². The summed E-state index contributed by atoms with van der Waals surface area (Å²) in [6, 6.07) is 15.0. The van der Waals surface area contributed by atoms with Crippen LogP contribution in [0.15, 0.2) is 60.7 Å². The summed E-state index contributed by atoms with van der Waals surface area (Å²) in [5, 5.41) is 21.5. The molecule has 45 heavy (non-hydrogen) atoms. The minimum absolute atomic E-state index is 0.208. The molecule has 2 saturated heterocycles. The van der Waals surface area contributed by atoms with Crippen molar-refractivity contribution in [1.82, 2.24) is 9.80 Å². The van der Waals surface area contributed by atoms with Gasteiger partial charge in [0.25, 0.3) is 11.8 Å². The summed E-state index contributed by atoms with van der Waals surface area (Å²) in [5.41, 5.74) is -2.24. The highest BCUT2D eigenvalue weighted by Crippen LogP contribution is 2.39. The summed E-state index contributed by atoms with van der Waals surface area (Å²) in [6.45, 7) is 3.18. The summed E-state index contributed by atoms with van der Waals surface area (Å²) in [4.78, 5) is 43.2. The van der Waals surface area contributed by atoms with E-state index in [0.29, 0.717) is 40.7 Å². The van der Waals surface area contributed by atoms with Gasteiger partial charge in [0.05, 0.1) is 35.5 Å². The minimum Gasteiger partial charge on any atom is -0.355 e. The van der Waals surface area contributed by atoms with Crippen LogP contribution in [0.25, 0.3) is 0 Å². The van der Waals surface area contributed by atoms with Gasteiger partial charge in [0, 0.05) is 23.5 Å². The molecule has 3 aromatic carbocycles. The van der Waals surface area contributed by atoms with Crippen LogP contribution in [0.2, 0.25) is 0 Å². The van der Waals surface area contributed by atoms with Crippen molar-refractivity contribution in [2.75, 3.05) is 16.8 Å². The van der Waals surface area contributed by atoms with Gasteiger partial charge in [0.15, 0.2) is 0 Å². The van der Waals surface area contributed by atoms with E-state index in [1.54, 1.807) is 24.3 Å². The topological polar surface area (TPSA) is 121 Å². The van der Waals surface area contributed by atoms with Gasteiger partial charge in [-0.05, 0) is 86.8 Å². The summed E-state index contributed by atoms with van der Waals surface area (Å²) < 4.78 is 55.2. The fraction of sp³-hybridized carbons (Fsp3) is 0.281. The summed E-state index contributed by atoms with van der Waals surface area (Å²) in [6.07, 6.45) is -3.53. The zero-order valence-electron chi connectivity index (χ0n) is 24.2. The molecule has 13 heteroatoms. The van der Waals surface area contributed by atoms with Crippen LogP contribution in [-0.4, -0.2) is 45.8 Å². The number of amides is 4. The molecule has 2 heterocycles. The van der Waals surface area contributed by atoms with Crippen molar-refractivity contribution >= 4 is 34.9 Å². The fourth-order valence-electron chi connectivity index (χ4n) is 5.47. The Morgan fingerprint density at radius 1 is 1.04 bits per heavy atom. The predicted molar refractivity (Wildman–Crippen MR) is 154 cm³/mol. The van der Waals surface area contributed by atoms with Gasteiger partial charge in [-0.15, -0.1) is 0 Å².